The Kier molecular flexibility index (Phi) is 4.39. The molecule has 7 heteroatoms. The molecule has 110 valence electrons. The molecule has 2 rings (SSSR count). The van der Waals surface area contributed by atoms with Gasteiger partial charge in [-0.2, -0.15) is 5.10 Å². The zero-order valence-electron chi connectivity index (χ0n) is 11.8. The van der Waals surface area contributed by atoms with Crippen molar-refractivity contribution in [2.24, 2.45) is 0 Å². The lowest BCUT2D eigenvalue weighted by Crippen LogP contribution is -2.60. The summed E-state index contributed by atoms with van der Waals surface area (Å²) in [5.74, 6) is -0.294. The first kappa shape index (κ1) is 14.5. The second-order valence-corrected chi connectivity index (χ2v) is 4.90. The molecule has 1 fully saturated rings. The molecule has 0 aliphatic carbocycles. The zero-order valence-corrected chi connectivity index (χ0v) is 11.8. The second kappa shape index (κ2) is 6.04. The number of amides is 2. The van der Waals surface area contributed by atoms with E-state index in [1.54, 1.807) is 42.2 Å². The topological polar surface area (TPSA) is 76.5 Å². The molecule has 20 heavy (non-hydrogen) atoms. The first-order valence-corrected chi connectivity index (χ1v) is 6.63. The maximum Gasteiger partial charge on any atom is 0.248 e. The lowest BCUT2D eigenvalue weighted by Gasteiger charge is -2.36. The third-order valence-corrected chi connectivity index (χ3v) is 3.68. The van der Waals surface area contributed by atoms with Crippen LogP contribution in [-0.4, -0.2) is 59.3 Å². The van der Waals surface area contributed by atoms with E-state index in [0.29, 0.717) is 13.0 Å². The standard InChI is InChI=1S/C13H20N4O3/c1-14-12(19)13(10-20-2)5-3-8-17(13)11(18)9-16-7-4-6-15-16/h4,6-7H,3,5,8-10H2,1-2H3,(H,14,19). The van der Waals surface area contributed by atoms with E-state index in [1.165, 1.54) is 0 Å². The van der Waals surface area contributed by atoms with Crippen LogP contribution in [0, 0.1) is 0 Å². The smallest absolute Gasteiger partial charge is 0.248 e. The summed E-state index contributed by atoms with van der Waals surface area (Å²) >= 11 is 0. The molecule has 0 radical (unpaired) electrons. The van der Waals surface area contributed by atoms with E-state index in [-0.39, 0.29) is 25.0 Å². The number of hydrogen-bond acceptors (Lipinski definition) is 4. The highest BCUT2D eigenvalue weighted by Crippen LogP contribution is 2.30. The molecule has 0 bridgehead atoms. The Bertz CT molecular complexity index is 474. The van der Waals surface area contributed by atoms with Crippen molar-refractivity contribution < 1.29 is 14.3 Å². The number of likely N-dealkylation sites (tertiary alicyclic amines) is 1. The van der Waals surface area contributed by atoms with Crippen molar-refractivity contribution >= 4 is 11.8 Å². The van der Waals surface area contributed by atoms with Crippen LogP contribution in [0.3, 0.4) is 0 Å². The van der Waals surface area contributed by atoms with Crippen molar-refractivity contribution in [2.75, 3.05) is 27.3 Å². The van der Waals surface area contributed by atoms with Gasteiger partial charge in [0.2, 0.25) is 11.8 Å². The highest BCUT2D eigenvalue weighted by atomic mass is 16.5. The number of likely N-dealkylation sites (N-methyl/N-ethyl adjacent to an activating group) is 1. The number of carbonyl (C=O) groups is 2. The molecule has 0 aromatic carbocycles. The number of methoxy groups -OCH3 is 1. The summed E-state index contributed by atoms with van der Waals surface area (Å²) in [6, 6.07) is 1.76. The van der Waals surface area contributed by atoms with Crippen LogP contribution < -0.4 is 5.32 Å². The molecule has 7 nitrogen and oxygen atoms in total. The van der Waals surface area contributed by atoms with E-state index in [1.807, 2.05) is 0 Å². The fourth-order valence-corrected chi connectivity index (χ4v) is 2.78. The molecule has 0 saturated carbocycles. The van der Waals surface area contributed by atoms with E-state index in [9.17, 15) is 9.59 Å². The predicted molar refractivity (Wildman–Crippen MR) is 71.8 cm³/mol. The number of rotatable bonds is 5. The molecule has 1 atom stereocenters. The molecule has 1 aliphatic rings. The Labute approximate surface area is 117 Å². The third kappa shape index (κ3) is 2.53. The van der Waals surface area contributed by atoms with Crippen molar-refractivity contribution in [3.63, 3.8) is 0 Å². The minimum atomic E-state index is -0.895. The van der Waals surface area contributed by atoms with E-state index in [2.05, 4.69) is 10.4 Å². The van der Waals surface area contributed by atoms with Gasteiger partial charge in [-0.1, -0.05) is 0 Å². The van der Waals surface area contributed by atoms with Gasteiger partial charge in [0.15, 0.2) is 0 Å². The van der Waals surface area contributed by atoms with Gasteiger partial charge in [0.05, 0.1) is 6.61 Å². The van der Waals surface area contributed by atoms with Gasteiger partial charge in [-0.3, -0.25) is 14.3 Å². The Morgan fingerprint density at radius 2 is 2.30 bits per heavy atom. The summed E-state index contributed by atoms with van der Waals surface area (Å²) in [7, 11) is 3.12. The Morgan fingerprint density at radius 1 is 1.50 bits per heavy atom. The lowest BCUT2D eigenvalue weighted by atomic mass is 9.95. The fourth-order valence-electron chi connectivity index (χ4n) is 2.78. The Morgan fingerprint density at radius 3 is 2.90 bits per heavy atom. The first-order chi connectivity index (χ1) is 9.64. The van der Waals surface area contributed by atoms with E-state index in [0.717, 1.165) is 6.42 Å². The molecule has 1 saturated heterocycles. The van der Waals surface area contributed by atoms with Gasteiger partial charge in [-0.15, -0.1) is 0 Å². The second-order valence-electron chi connectivity index (χ2n) is 4.90. The highest BCUT2D eigenvalue weighted by Gasteiger charge is 2.49. The number of nitrogens with zero attached hydrogens (tertiary/aromatic N) is 3. The molecule has 1 unspecified atom stereocenters. The van der Waals surface area contributed by atoms with Crippen LogP contribution >= 0.6 is 0 Å². The van der Waals surface area contributed by atoms with E-state index in [4.69, 9.17) is 4.74 Å². The van der Waals surface area contributed by atoms with Crippen molar-refractivity contribution in [1.82, 2.24) is 20.0 Å². The molecule has 1 N–H and O–H groups in total. The maximum absolute atomic E-state index is 12.5. The maximum atomic E-state index is 12.5. The summed E-state index contributed by atoms with van der Waals surface area (Å²) in [5.41, 5.74) is -0.895. The van der Waals surface area contributed by atoms with Crippen LogP contribution in [0.25, 0.3) is 0 Å². The molecular weight excluding hydrogens is 260 g/mol. The van der Waals surface area contributed by atoms with E-state index >= 15 is 0 Å². The monoisotopic (exact) mass is 280 g/mol. The largest absolute Gasteiger partial charge is 0.382 e. The average molecular weight is 280 g/mol. The van der Waals surface area contributed by atoms with Crippen molar-refractivity contribution in [1.29, 1.82) is 0 Å². The normalized spacial score (nSPS) is 22.0. The highest BCUT2D eigenvalue weighted by molar-refractivity contribution is 5.92. The molecule has 1 aromatic rings. The van der Waals surface area contributed by atoms with Gasteiger partial charge >= 0.3 is 0 Å². The predicted octanol–water partition coefficient (Wildman–Crippen LogP) is -0.363. The van der Waals surface area contributed by atoms with Gasteiger partial charge in [0, 0.05) is 33.1 Å². The SMILES string of the molecule is CNC(=O)C1(COC)CCCN1C(=O)Cn1cccn1. The van der Waals surface area contributed by atoms with Gasteiger partial charge in [-0.25, -0.2) is 0 Å². The van der Waals surface area contributed by atoms with Crippen LogP contribution in [0.1, 0.15) is 12.8 Å². The number of carbonyl (C=O) groups excluding carboxylic acids is 2. The summed E-state index contributed by atoms with van der Waals surface area (Å²) in [6.45, 7) is 0.907. The summed E-state index contributed by atoms with van der Waals surface area (Å²) < 4.78 is 6.75. The summed E-state index contributed by atoms with van der Waals surface area (Å²) in [4.78, 5) is 26.3. The van der Waals surface area contributed by atoms with Crippen LogP contribution in [0.15, 0.2) is 18.5 Å². The van der Waals surface area contributed by atoms with Gasteiger partial charge < -0.3 is 15.0 Å². The Hall–Kier alpha value is -1.89. The van der Waals surface area contributed by atoms with Gasteiger partial charge in [0.25, 0.3) is 0 Å². The van der Waals surface area contributed by atoms with Crippen LogP contribution in [0.5, 0.6) is 0 Å². The summed E-state index contributed by atoms with van der Waals surface area (Å²) in [6.07, 6.45) is 4.76. The number of aromatic nitrogens is 2. The van der Waals surface area contributed by atoms with Crippen LogP contribution in [0.2, 0.25) is 0 Å². The van der Waals surface area contributed by atoms with Crippen LogP contribution in [0.4, 0.5) is 0 Å². The van der Waals surface area contributed by atoms with Crippen LogP contribution in [-0.2, 0) is 20.9 Å². The first-order valence-electron chi connectivity index (χ1n) is 6.63. The molecule has 2 heterocycles. The van der Waals surface area contributed by atoms with Gasteiger partial charge in [-0.05, 0) is 18.9 Å². The number of nitrogens with one attached hydrogen (secondary N) is 1. The average Bonchev–Trinajstić information content (AvgIpc) is 3.08. The minimum absolute atomic E-state index is 0.119. The lowest BCUT2D eigenvalue weighted by molar-refractivity contribution is -0.148. The third-order valence-electron chi connectivity index (χ3n) is 3.68. The van der Waals surface area contributed by atoms with Gasteiger partial charge in [0.1, 0.15) is 12.1 Å². The van der Waals surface area contributed by atoms with E-state index < -0.39 is 5.54 Å². The molecule has 2 amide bonds. The van der Waals surface area contributed by atoms with Crippen molar-refractivity contribution in [3.05, 3.63) is 18.5 Å². The van der Waals surface area contributed by atoms with Crippen molar-refractivity contribution in [2.45, 2.75) is 24.9 Å². The molecule has 1 aliphatic heterocycles. The zero-order chi connectivity index (χ0) is 14.6. The number of ether oxygens (including phenoxy) is 1. The fraction of sp³-hybridized carbons (Fsp3) is 0.615. The summed E-state index contributed by atoms with van der Waals surface area (Å²) in [5, 5.41) is 6.66. The Balaban J connectivity index is 2.19. The molecule has 0 spiro atoms. The molecule has 1 aromatic heterocycles. The van der Waals surface area contributed by atoms with Crippen molar-refractivity contribution in [3.8, 4) is 0 Å². The number of hydrogen-bond donors (Lipinski definition) is 1. The minimum Gasteiger partial charge on any atom is -0.382 e. The molecular formula is C13H20N4O3. The quantitative estimate of drug-likeness (QED) is 0.799.